The Bertz CT molecular complexity index is 353. The number of aromatic nitrogens is 3. The third-order valence-corrected chi connectivity index (χ3v) is 1.95. The molecule has 0 atom stereocenters. The minimum absolute atomic E-state index is 0.115. The van der Waals surface area contributed by atoms with Crippen molar-refractivity contribution in [2.45, 2.75) is 26.2 Å². The predicted octanol–water partition coefficient (Wildman–Crippen LogP) is 0.736. The number of rotatable bonds is 2. The average molecular weight is 212 g/mol. The van der Waals surface area contributed by atoms with Crippen molar-refractivity contribution >= 4 is 5.91 Å². The number of hydroxylamine groups is 2. The molecule has 1 heterocycles. The SMILES string of the molecule is CON(C)C(=O)c1n[nH]c(C(C)(C)C)n1. The summed E-state index contributed by atoms with van der Waals surface area (Å²) in [6, 6.07) is 0. The fourth-order valence-corrected chi connectivity index (χ4v) is 0.917. The van der Waals surface area contributed by atoms with Crippen molar-refractivity contribution in [2.24, 2.45) is 0 Å². The quantitative estimate of drug-likeness (QED) is 0.734. The summed E-state index contributed by atoms with van der Waals surface area (Å²) in [5.41, 5.74) is -0.156. The Morgan fingerprint density at radius 2 is 2.07 bits per heavy atom. The zero-order valence-electron chi connectivity index (χ0n) is 9.66. The molecule has 15 heavy (non-hydrogen) atoms. The van der Waals surface area contributed by atoms with Gasteiger partial charge in [-0.25, -0.2) is 10.0 Å². The van der Waals surface area contributed by atoms with Crippen LogP contribution in [0.25, 0.3) is 0 Å². The molecule has 0 unspecified atom stereocenters. The predicted molar refractivity (Wildman–Crippen MR) is 54.2 cm³/mol. The molecule has 0 aromatic carbocycles. The van der Waals surface area contributed by atoms with E-state index >= 15 is 0 Å². The van der Waals surface area contributed by atoms with Gasteiger partial charge in [-0.3, -0.25) is 14.7 Å². The molecule has 0 spiro atoms. The van der Waals surface area contributed by atoms with E-state index in [4.69, 9.17) is 4.84 Å². The lowest BCUT2D eigenvalue weighted by atomic mass is 9.96. The molecular weight excluding hydrogens is 196 g/mol. The highest BCUT2D eigenvalue weighted by Gasteiger charge is 2.22. The molecule has 0 aliphatic rings. The van der Waals surface area contributed by atoms with E-state index in [0.29, 0.717) is 5.82 Å². The van der Waals surface area contributed by atoms with Crippen LogP contribution in [0.3, 0.4) is 0 Å². The van der Waals surface area contributed by atoms with Gasteiger partial charge in [0.1, 0.15) is 5.82 Å². The van der Waals surface area contributed by atoms with Crippen LogP contribution < -0.4 is 0 Å². The molecule has 0 aliphatic carbocycles. The molecule has 1 N–H and O–H groups in total. The summed E-state index contributed by atoms with van der Waals surface area (Å²) in [7, 11) is 2.92. The Hall–Kier alpha value is -1.43. The number of carbonyl (C=O) groups is 1. The number of hydrogen-bond acceptors (Lipinski definition) is 4. The third-order valence-electron chi connectivity index (χ3n) is 1.95. The number of carbonyl (C=O) groups excluding carboxylic acids is 1. The maximum atomic E-state index is 11.6. The van der Waals surface area contributed by atoms with Crippen LogP contribution in [0.5, 0.6) is 0 Å². The molecule has 6 heteroatoms. The number of nitrogens with one attached hydrogen (secondary N) is 1. The second-order valence-electron chi connectivity index (χ2n) is 4.24. The fraction of sp³-hybridized carbons (Fsp3) is 0.667. The van der Waals surface area contributed by atoms with E-state index in [2.05, 4.69) is 15.2 Å². The van der Waals surface area contributed by atoms with Gasteiger partial charge in [-0.2, -0.15) is 0 Å². The smallest absolute Gasteiger partial charge is 0.274 e. The van der Waals surface area contributed by atoms with Gasteiger partial charge in [0.15, 0.2) is 0 Å². The van der Waals surface area contributed by atoms with Crippen molar-refractivity contribution in [3.05, 3.63) is 11.6 Å². The van der Waals surface area contributed by atoms with Crippen LogP contribution in [0.1, 0.15) is 37.2 Å². The summed E-state index contributed by atoms with van der Waals surface area (Å²) in [5.74, 6) is 0.420. The Labute approximate surface area is 88.6 Å². The van der Waals surface area contributed by atoms with Crippen molar-refractivity contribution in [1.82, 2.24) is 20.2 Å². The molecular formula is C9H16N4O2. The fourth-order valence-electron chi connectivity index (χ4n) is 0.917. The molecule has 1 rings (SSSR count). The third kappa shape index (κ3) is 2.53. The average Bonchev–Trinajstić information content (AvgIpc) is 2.63. The highest BCUT2D eigenvalue weighted by atomic mass is 16.7. The van der Waals surface area contributed by atoms with Crippen LogP contribution >= 0.6 is 0 Å². The van der Waals surface area contributed by atoms with E-state index in [1.165, 1.54) is 14.2 Å². The van der Waals surface area contributed by atoms with Crippen molar-refractivity contribution in [1.29, 1.82) is 0 Å². The first-order chi connectivity index (χ1) is 6.86. The van der Waals surface area contributed by atoms with Crippen LogP contribution in [0, 0.1) is 0 Å². The summed E-state index contributed by atoms with van der Waals surface area (Å²) in [5, 5.41) is 7.66. The Morgan fingerprint density at radius 1 is 1.47 bits per heavy atom. The second-order valence-corrected chi connectivity index (χ2v) is 4.24. The van der Waals surface area contributed by atoms with E-state index in [9.17, 15) is 4.79 Å². The molecule has 0 aliphatic heterocycles. The number of nitrogens with zero attached hydrogens (tertiary/aromatic N) is 3. The van der Waals surface area contributed by atoms with Gasteiger partial charge in [0.2, 0.25) is 5.82 Å². The maximum absolute atomic E-state index is 11.6. The summed E-state index contributed by atoms with van der Waals surface area (Å²) >= 11 is 0. The van der Waals surface area contributed by atoms with E-state index in [1.54, 1.807) is 0 Å². The lowest BCUT2D eigenvalue weighted by Gasteiger charge is -2.13. The highest BCUT2D eigenvalue weighted by Crippen LogP contribution is 2.17. The topological polar surface area (TPSA) is 71.1 Å². The summed E-state index contributed by atoms with van der Waals surface area (Å²) in [6.45, 7) is 5.96. The summed E-state index contributed by atoms with van der Waals surface area (Å²) < 4.78 is 0. The van der Waals surface area contributed by atoms with Gasteiger partial charge in [0.05, 0.1) is 7.11 Å². The van der Waals surface area contributed by atoms with Gasteiger partial charge in [0, 0.05) is 12.5 Å². The minimum Gasteiger partial charge on any atom is -0.274 e. The minimum atomic E-state index is -0.371. The molecule has 1 aromatic heterocycles. The number of hydrogen-bond donors (Lipinski definition) is 1. The van der Waals surface area contributed by atoms with Crippen LogP contribution in [0.15, 0.2) is 0 Å². The highest BCUT2D eigenvalue weighted by molar-refractivity contribution is 5.89. The van der Waals surface area contributed by atoms with Gasteiger partial charge in [-0.1, -0.05) is 20.8 Å². The van der Waals surface area contributed by atoms with Crippen molar-refractivity contribution in [3.8, 4) is 0 Å². The molecule has 0 saturated heterocycles. The van der Waals surface area contributed by atoms with E-state index in [0.717, 1.165) is 5.06 Å². The lowest BCUT2D eigenvalue weighted by Crippen LogP contribution is -2.26. The summed E-state index contributed by atoms with van der Waals surface area (Å²) in [4.78, 5) is 20.4. The normalized spacial score (nSPS) is 11.5. The largest absolute Gasteiger partial charge is 0.316 e. The number of H-pyrrole nitrogens is 1. The molecule has 1 amide bonds. The molecule has 0 fully saturated rings. The Balaban J connectivity index is 2.90. The van der Waals surface area contributed by atoms with Gasteiger partial charge in [-0.05, 0) is 0 Å². The van der Waals surface area contributed by atoms with Crippen LogP contribution in [-0.2, 0) is 10.3 Å². The second kappa shape index (κ2) is 3.98. The standard InChI is InChI=1S/C9H16N4O2/c1-9(2,3)8-10-6(11-12-8)7(14)13(4)15-5/h1-5H3,(H,10,11,12). The first kappa shape index (κ1) is 11.6. The Morgan fingerprint density at radius 3 is 2.47 bits per heavy atom. The number of aromatic amines is 1. The van der Waals surface area contributed by atoms with Crippen molar-refractivity contribution in [3.63, 3.8) is 0 Å². The van der Waals surface area contributed by atoms with Crippen LogP contribution in [-0.4, -0.2) is 40.3 Å². The Kier molecular flexibility index (Phi) is 3.09. The monoisotopic (exact) mass is 212 g/mol. The maximum Gasteiger partial charge on any atom is 0.316 e. The van der Waals surface area contributed by atoms with E-state index in [1.807, 2.05) is 20.8 Å². The molecule has 6 nitrogen and oxygen atoms in total. The zero-order valence-corrected chi connectivity index (χ0v) is 9.66. The molecule has 1 aromatic rings. The molecule has 0 radical (unpaired) electrons. The molecule has 84 valence electrons. The van der Waals surface area contributed by atoms with Gasteiger partial charge in [-0.15, -0.1) is 5.10 Å². The van der Waals surface area contributed by atoms with E-state index in [-0.39, 0.29) is 17.1 Å². The van der Waals surface area contributed by atoms with Gasteiger partial charge >= 0.3 is 5.91 Å². The van der Waals surface area contributed by atoms with Crippen molar-refractivity contribution in [2.75, 3.05) is 14.2 Å². The first-order valence-corrected chi connectivity index (χ1v) is 4.61. The molecule has 0 saturated carbocycles. The van der Waals surface area contributed by atoms with Crippen molar-refractivity contribution < 1.29 is 9.63 Å². The van der Waals surface area contributed by atoms with Crippen LogP contribution in [0.4, 0.5) is 0 Å². The lowest BCUT2D eigenvalue weighted by molar-refractivity contribution is -0.0764. The first-order valence-electron chi connectivity index (χ1n) is 4.61. The van der Waals surface area contributed by atoms with E-state index < -0.39 is 0 Å². The number of amides is 1. The zero-order chi connectivity index (χ0) is 11.6. The molecule has 0 bridgehead atoms. The summed E-state index contributed by atoms with van der Waals surface area (Å²) in [6.07, 6.45) is 0. The van der Waals surface area contributed by atoms with Crippen LogP contribution in [0.2, 0.25) is 0 Å². The van der Waals surface area contributed by atoms with Gasteiger partial charge < -0.3 is 0 Å². The van der Waals surface area contributed by atoms with Gasteiger partial charge in [0.25, 0.3) is 0 Å².